The summed E-state index contributed by atoms with van der Waals surface area (Å²) < 4.78 is 38.5. The molecule has 0 heterocycles. The Balaban J connectivity index is 1.85. The zero-order valence-corrected chi connectivity index (χ0v) is 20.3. The Hall–Kier alpha value is -1.54. The van der Waals surface area contributed by atoms with Crippen LogP contribution in [-0.2, 0) is 19.1 Å². The number of hydrogen-bond donors (Lipinski definition) is 2. The van der Waals surface area contributed by atoms with Crippen LogP contribution < -0.4 is 0 Å². The van der Waals surface area contributed by atoms with E-state index in [1.807, 2.05) is 6.92 Å². The van der Waals surface area contributed by atoms with Crippen molar-refractivity contribution in [2.24, 2.45) is 28.6 Å². The number of esters is 1. The number of carbonyl (C=O) groups excluding carboxylic acids is 3. The number of alkyl halides is 2. The number of aliphatic hydroxyl groups is 1. The van der Waals surface area contributed by atoms with Crippen molar-refractivity contribution in [3.8, 4) is 0 Å². The number of ketones is 1. The van der Waals surface area contributed by atoms with Crippen LogP contribution in [0.15, 0.2) is 23.8 Å². The predicted molar refractivity (Wildman–Crippen MR) is 121 cm³/mol. The van der Waals surface area contributed by atoms with Crippen LogP contribution in [0.1, 0.15) is 59.8 Å². The molecule has 3 saturated carbocycles. The Labute approximate surface area is 198 Å². The van der Waals surface area contributed by atoms with Crippen molar-refractivity contribution in [1.82, 2.24) is 0 Å². The van der Waals surface area contributed by atoms with Crippen molar-refractivity contribution in [1.29, 1.82) is 0 Å². The molecule has 0 aromatic heterocycles. The molecule has 0 bridgehead atoms. The minimum absolute atomic E-state index is 0.0494. The van der Waals surface area contributed by atoms with Gasteiger partial charge in [0.1, 0.15) is 6.17 Å². The molecule has 0 saturated heterocycles. The van der Waals surface area contributed by atoms with Gasteiger partial charge in [0.2, 0.25) is 5.12 Å². The molecule has 4 aliphatic rings. The van der Waals surface area contributed by atoms with E-state index in [9.17, 15) is 19.5 Å². The lowest BCUT2D eigenvalue weighted by molar-refractivity contribution is -0.228. The Morgan fingerprint density at radius 2 is 1.94 bits per heavy atom. The van der Waals surface area contributed by atoms with Gasteiger partial charge in [0.05, 0.1) is 6.10 Å². The fourth-order valence-electron chi connectivity index (χ4n) is 7.68. The second-order valence-corrected chi connectivity index (χ2v) is 11.2. The summed E-state index contributed by atoms with van der Waals surface area (Å²) in [7, 11) is 0. The molecule has 3 fully saturated rings. The van der Waals surface area contributed by atoms with Crippen molar-refractivity contribution in [2.75, 3.05) is 0 Å². The largest absolute Gasteiger partial charge is 0.449 e. The summed E-state index contributed by atoms with van der Waals surface area (Å²) in [6.45, 7) is 6.85. The fourth-order valence-corrected chi connectivity index (χ4v) is 8.20. The van der Waals surface area contributed by atoms with Crippen molar-refractivity contribution in [3.63, 3.8) is 0 Å². The molecular formula is C25H32F2O5S. The molecule has 0 aromatic carbocycles. The topological polar surface area (TPSA) is 80.7 Å². The maximum absolute atomic E-state index is 17.2. The van der Waals surface area contributed by atoms with Gasteiger partial charge in [0.15, 0.2) is 17.1 Å². The highest BCUT2D eigenvalue weighted by molar-refractivity contribution is 7.96. The second kappa shape index (κ2) is 7.74. The van der Waals surface area contributed by atoms with E-state index < -0.39 is 69.0 Å². The number of ether oxygens (including phenoxy) is 1. The van der Waals surface area contributed by atoms with Crippen LogP contribution in [0.3, 0.4) is 0 Å². The summed E-state index contributed by atoms with van der Waals surface area (Å²) in [5.41, 5.74) is -6.46. The van der Waals surface area contributed by atoms with Gasteiger partial charge in [-0.2, -0.15) is 0 Å². The molecule has 5 nitrogen and oxygen atoms in total. The third-order valence-electron chi connectivity index (χ3n) is 9.22. The summed E-state index contributed by atoms with van der Waals surface area (Å²) in [5.74, 6) is -2.91. The van der Waals surface area contributed by atoms with Crippen LogP contribution in [0, 0.1) is 28.6 Å². The smallest absolute Gasteiger partial charge is 0.306 e. The first-order chi connectivity index (χ1) is 15.3. The Kier molecular flexibility index (Phi) is 5.76. The summed E-state index contributed by atoms with van der Waals surface area (Å²) in [6, 6.07) is 0. The third-order valence-corrected chi connectivity index (χ3v) is 9.55. The molecule has 4 rings (SSSR count). The summed E-state index contributed by atoms with van der Waals surface area (Å²) in [4.78, 5) is 37.5. The van der Waals surface area contributed by atoms with E-state index in [1.165, 1.54) is 19.1 Å². The molecular weight excluding hydrogens is 450 g/mol. The van der Waals surface area contributed by atoms with Gasteiger partial charge in [0.25, 0.3) is 0 Å². The maximum Gasteiger partial charge on any atom is 0.306 e. The number of thiol groups is 1. The fraction of sp³-hybridized carbons (Fsp3) is 0.720. The van der Waals surface area contributed by atoms with Gasteiger partial charge >= 0.3 is 5.97 Å². The van der Waals surface area contributed by atoms with Crippen LogP contribution in [-0.4, -0.2) is 45.5 Å². The van der Waals surface area contributed by atoms with Crippen LogP contribution in [0.25, 0.3) is 0 Å². The standard InChI is InChI=1S/C25H32F2O5S/c1-5-6-20(30)32-25(21(31)33)13(2)9-15-16-11-18(26)17-10-14(28)7-8-22(17,3)24(16,27)19(29)12-23(15,25)4/h7-8,10,13,15-16,18-19,29H,5-6,9,11-12H2,1-4H3,(H,31,33). The molecule has 0 spiro atoms. The number of fused-ring (bicyclic) bond motifs is 5. The quantitative estimate of drug-likeness (QED) is 0.466. The van der Waals surface area contributed by atoms with Gasteiger partial charge in [-0.1, -0.05) is 26.8 Å². The first-order valence-electron chi connectivity index (χ1n) is 11.7. The lowest BCUT2D eigenvalue weighted by Gasteiger charge is -2.63. The van der Waals surface area contributed by atoms with Gasteiger partial charge in [-0.3, -0.25) is 14.4 Å². The van der Waals surface area contributed by atoms with Gasteiger partial charge in [-0.25, -0.2) is 8.78 Å². The minimum Gasteiger partial charge on any atom is -0.449 e. The third kappa shape index (κ3) is 2.95. The summed E-state index contributed by atoms with van der Waals surface area (Å²) >= 11 is 4.12. The predicted octanol–water partition coefficient (Wildman–Crippen LogP) is 4.09. The van der Waals surface area contributed by atoms with Gasteiger partial charge in [-0.05, 0) is 56.3 Å². The Bertz CT molecular complexity index is 964. The molecule has 182 valence electrons. The van der Waals surface area contributed by atoms with E-state index in [-0.39, 0.29) is 24.8 Å². The number of halogens is 2. The molecule has 9 atom stereocenters. The molecule has 9 unspecified atom stereocenters. The zero-order valence-electron chi connectivity index (χ0n) is 19.4. The van der Waals surface area contributed by atoms with Crippen LogP contribution in [0.4, 0.5) is 8.78 Å². The number of hydrogen-bond acceptors (Lipinski definition) is 5. The molecule has 0 aromatic rings. The van der Waals surface area contributed by atoms with Crippen molar-refractivity contribution < 1.29 is 33.0 Å². The Morgan fingerprint density at radius 1 is 1.27 bits per heavy atom. The second-order valence-electron chi connectivity index (χ2n) is 10.8. The minimum atomic E-state index is -2.24. The van der Waals surface area contributed by atoms with E-state index in [0.29, 0.717) is 12.8 Å². The average Bonchev–Trinajstić information content (AvgIpc) is 2.94. The highest BCUT2D eigenvalue weighted by Gasteiger charge is 2.77. The van der Waals surface area contributed by atoms with Crippen molar-refractivity contribution in [3.05, 3.63) is 23.8 Å². The van der Waals surface area contributed by atoms with E-state index in [1.54, 1.807) is 13.8 Å². The van der Waals surface area contributed by atoms with E-state index in [4.69, 9.17) is 4.74 Å². The highest BCUT2D eigenvalue weighted by atomic mass is 32.1. The number of allylic oxidation sites excluding steroid dienone is 4. The molecule has 0 amide bonds. The number of aliphatic hydroxyl groups excluding tert-OH is 1. The Morgan fingerprint density at radius 3 is 2.55 bits per heavy atom. The van der Waals surface area contributed by atoms with Crippen molar-refractivity contribution in [2.45, 2.75) is 83.3 Å². The van der Waals surface area contributed by atoms with Gasteiger partial charge in [0, 0.05) is 29.1 Å². The summed E-state index contributed by atoms with van der Waals surface area (Å²) in [6.07, 6.45) is 1.24. The van der Waals surface area contributed by atoms with Crippen LogP contribution in [0.2, 0.25) is 0 Å². The monoisotopic (exact) mass is 482 g/mol. The molecule has 8 heteroatoms. The molecule has 4 aliphatic carbocycles. The van der Waals surface area contributed by atoms with Crippen molar-refractivity contribution >= 4 is 29.5 Å². The molecule has 0 radical (unpaired) electrons. The van der Waals surface area contributed by atoms with E-state index in [2.05, 4.69) is 12.6 Å². The first-order valence-corrected chi connectivity index (χ1v) is 12.2. The average molecular weight is 483 g/mol. The molecule has 33 heavy (non-hydrogen) atoms. The van der Waals surface area contributed by atoms with Crippen LogP contribution >= 0.6 is 12.6 Å². The normalized spacial score (nSPS) is 48.4. The maximum atomic E-state index is 17.2. The number of rotatable bonds is 4. The first kappa shape index (κ1) is 24.6. The summed E-state index contributed by atoms with van der Waals surface area (Å²) in [5, 5.41) is 10.7. The zero-order chi connectivity index (χ0) is 24.6. The number of carbonyl (C=O) groups is 3. The lowest BCUT2D eigenvalue weighted by Crippen LogP contribution is -2.70. The highest BCUT2D eigenvalue weighted by Crippen LogP contribution is 2.71. The lowest BCUT2D eigenvalue weighted by atomic mass is 9.44. The van der Waals surface area contributed by atoms with Crippen LogP contribution in [0.5, 0.6) is 0 Å². The van der Waals surface area contributed by atoms with E-state index in [0.717, 1.165) is 6.08 Å². The van der Waals surface area contributed by atoms with Gasteiger partial charge < -0.3 is 9.84 Å². The molecule has 1 N–H and O–H groups in total. The molecule has 0 aliphatic heterocycles. The SMILES string of the molecule is CCCC(=O)OC1(C(=O)S)C(C)CC2C3CC(F)C4=CC(=O)C=CC4(C)C3(F)C(O)CC21C. The van der Waals surface area contributed by atoms with E-state index >= 15 is 8.78 Å². The van der Waals surface area contributed by atoms with Gasteiger partial charge in [-0.15, -0.1) is 12.6 Å².